The summed E-state index contributed by atoms with van der Waals surface area (Å²) in [6.45, 7) is 8.09. The van der Waals surface area contributed by atoms with Crippen LogP contribution in [0.15, 0.2) is 47.4 Å². The summed E-state index contributed by atoms with van der Waals surface area (Å²) >= 11 is 0. The smallest absolute Gasteiger partial charge is 0.326 e. The molecule has 0 radical (unpaired) electrons. The van der Waals surface area contributed by atoms with Crippen molar-refractivity contribution in [1.82, 2.24) is 0 Å². The molecule has 1 atom stereocenters. The Morgan fingerprint density at radius 1 is 1.18 bits per heavy atom. The van der Waals surface area contributed by atoms with Crippen LogP contribution in [0.4, 0.5) is 28.9 Å². The molecule has 0 fully saturated rings. The second-order valence-corrected chi connectivity index (χ2v) is 8.00. The first-order chi connectivity index (χ1) is 12.9. The maximum Gasteiger partial charge on any atom is 0.407 e. The van der Waals surface area contributed by atoms with Gasteiger partial charge >= 0.3 is 6.18 Å². The third kappa shape index (κ3) is 5.07. The lowest BCUT2D eigenvalue weighted by Crippen LogP contribution is -2.27. The number of amides is 1. The third-order valence-corrected chi connectivity index (χ3v) is 5.71. The van der Waals surface area contributed by atoms with Crippen LogP contribution in [0.3, 0.4) is 0 Å². The fourth-order valence-corrected chi connectivity index (χ4v) is 3.90. The molecule has 148 valence electrons. The van der Waals surface area contributed by atoms with Gasteiger partial charge in [0.15, 0.2) is 15.5 Å². The van der Waals surface area contributed by atoms with Crippen LogP contribution in [0, 0.1) is 18.3 Å². The fraction of sp³-hybridized carbons (Fsp3) is 0.222. The molecule has 0 bridgehead atoms. The first kappa shape index (κ1) is 21.4. The summed E-state index contributed by atoms with van der Waals surface area (Å²) in [7, 11) is -3.90. The first-order valence-electron chi connectivity index (χ1n) is 7.82. The van der Waals surface area contributed by atoms with Gasteiger partial charge in [-0.1, -0.05) is 13.0 Å². The second kappa shape index (κ2) is 7.98. The maximum atomic E-state index is 13.0. The minimum Gasteiger partial charge on any atom is -0.326 e. The van der Waals surface area contributed by atoms with Crippen molar-refractivity contribution in [3.8, 4) is 0 Å². The van der Waals surface area contributed by atoms with E-state index in [0.717, 1.165) is 36.4 Å². The number of halogens is 4. The average molecular weight is 414 g/mol. The predicted molar refractivity (Wildman–Crippen MR) is 94.0 cm³/mol. The molecule has 0 saturated carbocycles. The molecule has 5 nitrogen and oxygen atoms in total. The quantitative estimate of drug-likeness (QED) is 0.447. The fourth-order valence-electron chi connectivity index (χ4n) is 2.35. The van der Waals surface area contributed by atoms with E-state index in [-0.39, 0.29) is 10.6 Å². The number of rotatable bonds is 5. The molecule has 1 N–H and O–H groups in total. The number of benzene rings is 2. The van der Waals surface area contributed by atoms with Gasteiger partial charge in [0.2, 0.25) is 5.91 Å². The van der Waals surface area contributed by atoms with Gasteiger partial charge in [0, 0.05) is 11.6 Å². The molecule has 28 heavy (non-hydrogen) atoms. The highest BCUT2D eigenvalue weighted by Crippen LogP contribution is 2.38. The predicted octanol–water partition coefficient (Wildman–Crippen LogP) is 4.44. The minimum absolute atomic E-state index is 0.172. The van der Waals surface area contributed by atoms with Gasteiger partial charge in [-0.15, -0.1) is 0 Å². The van der Waals surface area contributed by atoms with Gasteiger partial charge in [-0.2, -0.15) is 13.2 Å². The van der Waals surface area contributed by atoms with Gasteiger partial charge in [0.05, 0.1) is 22.8 Å². The highest BCUT2D eigenvalue weighted by Gasteiger charge is 2.34. The van der Waals surface area contributed by atoms with E-state index in [2.05, 4.69) is 10.2 Å². The van der Waals surface area contributed by atoms with Crippen molar-refractivity contribution in [3.05, 3.63) is 65.3 Å². The summed E-state index contributed by atoms with van der Waals surface area (Å²) in [5, 5.41) is 2.22. The third-order valence-electron chi connectivity index (χ3n) is 3.78. The van der Waals surface area contributed by atoms with Crippen LogP contribution in [-0.4, -0.2) is 20.1 Å². The molecule has 2 aromatic rings. The Kier molecular flexibility index (Phi) is 6.09. The molecular formula is C18H14F4N2O3S. The van der Waals surface area contributed by atoms with Gasteiger partial charge in [0.1, 0.15) is 5.82 Å². The largest absolute Gasteiger partial charge is 0.407 e. The Balaban J connectivity index is 2.16. The molecule has 2 rings (SSSR count). The molecule has 0 heterocycles. The number of hydrogen-bond donors (Lipinski definition) is 1. The van der Waals surface area contributed by atoms with Gasteiger partial charge in [0.25, 0.3) is 0 Å². The zero-order chi connectivity index (χ0) is 21.1. The van der Waals surface area contributed by atoms with Gasteiger partial charge in [-0.05, 0) is 36.4 Å². The van der Waals surface area contributed by atoms with E-state index in [4.69, 9.17) is 6.57 Å². The maximum absolute atomic E-state index is 13.0. The summed E-state index contributed by atoms with van der Waals surface area (Å²) in [6.07, 6.45) is -4.78. The monoisotopic (exact) mass is 414 g/mol. The lowest BCUT2D eigenvalue weighted by atomic mass is 10.1. The SMILES string of the molecule is [C-]#[N+]c1ccc(NC(=O)C(C)CS(=O)(=O)c2ccc(F)cc2)cc1C(F)(F)F. The Labute approximate surface area is 158 Å². The molecule has 0 saturated heterocycles. The van der Waals surface area contributed by atoms with Crippen LogP contribution in [0.1, 0.15) is 12.5 Å². The van der Waals surface area contributed by atoms with Gasteiger partial charge in [-0.25, -0.2) is 17.7 Å². The second-order valence-electron chi connectivity index (χ2n) is 5.97. The molecule has 0 aromatic heterocycles. The molecule has 2 aromatic carbocycles. The number of anilines is 1. The normalized spacial score (nSPS) is 12.9. The van der Waals surface area contributed by atoms with Crippen LogP contribution >= 0.6 is 0 Å². The number of hydrogen-bond acceptors (Lipinski definition) is 3. The summed E-state index contributed by atoms with van der Waals surface area (Å²) in [5.41, 5.74) is -2.03. The Bertz CT molecular complexity index is 1030. The van der Waals surface area contributed by atoms with Crippen LogP contribution in [-0.2, 0) is 20.8 Å². The number of nitrogens with one attached hydrogen (secondary N) is 1. The molecule has 1 unspecified atom stereocenters. The lowest BCUT2D eigenvalue weighted by molar-refractivity contribution is -0.136. The van der Waals surface area contributed by atoms with Crippen molar-refractivity contribution in [1.29, 1.82) is 0 Å². The zero-order valence-electron chi connectivity index (χ0n) is 14.4. The van der Waals surface area contributed by atoms with Crippen LogP contribution in [0.25, 0.3) is 4.85 Å². The number of alkyl halides is 3. The van der Waals surface area contributed by atoms with E-state index < -0.39 is 50.7 Å². The van der Waals surface area contributed by atoms with Gasteiger partial charge < -0.3 is 5.32 Å². The van der Waals surface area contributed by atoms with Crippen molar-refractivity contribution in [2.75, 3.05) is 11.1 Å². The average Bonchev–Trinajstić information content (AvgIpc) is 2.60. The Morgan fingerprint density at radius 3 is 2.32 bits per heavy atom. The van der Waals surface area contributed by atoms with E-state index in [9.17, 15) is 30.8 Å². The number of nitrogens with zero attached hydrogens (tertiary/aromatic N) is 1. The van der Waals surface area contributed by atoms with Crippen LogP contribution in [0.5, 0.6) is 0 Å². The number of carbonyl (C=O) groups excluding carboxylic acids is 1. The van der Waals surface area contributed by atoms with E-state index >= 15 is 0 Å². The zero-order valence-corrected chi connectivity index (χ0v) is 15.2. The summed E-state index contributed by atoms with van der Waals surface area (Å²) in [5.74, 6) is -3.14. The highest BCUT2D eigenvalue weighted by molar-refractivity contribution is 7.91. The summed E-state index contributed by atoms with van der Waals surface area (Å²) in [6, 6.07) is 6.73. The molecule has 0 spiro atoms. The standard InChI is InChI=1S/C18H14F4N2O3S/c1-11(10-28(26,27)14-6-3-12(19)4-7-14)17(25)24-13-5-8-16(23-2)15(9-13)18(20,21)22/h3-9,11H,10H2,1H3,(H,24,25). The summed E-state index contributed by atoms with van der Waals surface area (Å²) < 4.78 is 76.5. The molecule has 0 aliphatic carbocycles. The van der Waals surface area contributed by atoms with Crippen molar-refractivity contribution in [3.63, 3.8) is 0 Å². The van der Waals surface area contributed by atoms with Crippen molar-refractivity contribution in [2.45, 2.75) is 18.0 Å². The van der Waals surface area contributed by atoms with Gasteiger partial charge in [-0.3, -0.25) is 4.79 Å². The van der Waals surface area contributed by atoms with E-state index in [1.54, 1.807) is 0 Å². The number of carbonyl (C=O) groups is 1. The molecule has 10 heteroatoms. The molecule has 0 aliphatic heterocycles. The Hall–Kier alpha value is -2.93. The van der Waals surface area contributed by atoms with E-state index in [0.29, 0.717) is 6.07 Å². The molecular weight excluding hydrogens is 400 g/mol. The topological polar surface area (TPSA) is 67.6 Å². The Morgan fingerprint density at radius 2 is 1.79 bits per heavy atom. The van der Waals surface area contributed by atoms with E-state index in [1.165, 1.54) is 6.92 Å². The van der Waals surface area contributed by atoms with Crippen molar-refractivity contribution >= 4 is 27.1 Å². The van der Waals surface area contributed by atoms with Crippen LogP contribution in [0.2, 0.25) is 0 Å². The highest BCUT2D eigenvalue weighted by atomic mass is 32.2. The van der Waals surface area contributed by atoms with Crippen molar-refractivity contribution in [2.24, 2.45) is 5.92 Å². The lowest BCUT2D eigenvalue weighted by Gasteiger charge is -2.15. The number of sulfone groups is 1. The van der Waals surface area contributed by atoms with Crippen LogP contribution < -0.4 is 5.32 Å². The minimum atomic E-state index is -4.78. The summed E-state index contributed by atoms with van der Waals surface area (Å²) in [4.78, 5) is 14.8. The molecule has 1 amide bonds. The van der Waals surface area contributed by atoms with E-state index in [1.807, 2.05) is 0 Å². The molecule has 0 aliphatic rings. The van der Waals surface area contributed by atoms with Crippen molar-refractivity contribution < 1.29 is 30.8 Å². The first-order valence-corrected chi connectivity index (χ1v) is 9.47.